The predicted molar refractivity (Wildman–Crippen MR) is 76.0 cm³/mol. The molecular weight excluding hydrogens is 222 g/mol. The van der Waals surface area contributed by atoms with E-state index < -0.39 is 0 Å². The third-order valence-electron chi connectivity index (χ3n) is 3.90. The van der Waals surface area contributed by atoms with E-state index in [4.69, 9.17) is 0 Å². The standard InChI is InChI=1S/C15H19N3/c1-18(13-6-9-16-10-7-13)15-4-2-3-12-5-8-17-11-14(12)15/h2-5,8,11,13,16H,6-7,9-10H2,1H3. The third kappa shape index (κ3) is 2.06. The lowest BCUT2D eigenvalue weighted by molar-refractivity contribution is 0.444. The molecule has 0 radical (unpaired) electrons. The first-order valence-electron chi connectivity index (χ1n) is 6.62. The van der Waals surface area contributed by atoms with Gasteiger partial charge < -0.3 is 10.2 Å². The van der Waals surface area contributed by atoms with Gasteiger partial charge in [-0.2, -0.15) is 0 Å². The number of hydrogen-bond donors (Lipinski definition) is 1. The van der Waals surface area contributed by atoms with Gasteiger partial charge in [-0.1, -0.05) is 12.1 Å². The van der Waals surface area contributed by atoms with Gasteiger partial charge in [0.2, 0.25) is 0 Å². The Morgan fingerprint density at radius 2 is 2.06 bits per heavy atom. The molecule has 1 aromatic heterocycles. The van der Waals surface area contributed by atoms with Gasteiger partial charge in [0.15, 0.2) is 0 Å². The minimum atomic E-state index is 0.636. The average Bonchev–Trinajstić information content (AvgIpc) is 2.47. The van der Waals surface area contributed by atoms with Gasteiger partial charge in [-0.05, 0) is 43.5 Å². The van der Waals surface area contributed by atoms with Crippen molar-refractivity contribution in [3.63, 3.8) is 0 Å². The molecule has 3 heteroatoms. The van der Waals surface area contributed by atoms with Crippen LogP contribution in [0.15, 0.2) is 36.7 Å². The highest BCUT2D eigenvalue weighted by Gasteiger charge is 2.19. The van der Waals surface area contributed by atoms with Gasteiger partial charge in [0.25, 0.3) is 0 Å². The zero-order valence-electron chi connectivity index (χ0n) is 10.8. The van der Waals surface area contributed by atoms with Crippen molar-refractivity contribution in [1.82, 2.24) is 10.3 Å². The Hall–Kier alpha value is -1.61. The fourth-order valence-electron chi connectivity index (χ4n) is 2.80. The molecule has 1 saturated heterocycles. The molecule has 2 heterocycles. The maximum Gasteiger partial charge on any atom is 0.0461 e. The summed E-state index contributed by atoms with van der Waals surface area (Å²) in [7, 11) is 2.21. The highest BCUT2D eigenvalue weighted by atomic mass is 15.1. The fraction of sp³-hybridized carbons (Fsp3) is 0.400. The smallest absolute Gasteiger partial charge is 0.0461 e. The molecule has 0 spiro atoms. The van der Waals surface area contributed by atoms with E-state index in [2.05, 4.69) is 46.5 Å². The van der Waals surface area contributed by atoms with Crippen LogP contribution in [0.1, 0.15) is 12.8 Å². The molecule has 18 heavy (non-hydrogen) atoms. The zero-order chi connectivity index (χ0) is 12.4. The largest absolute Gasteiger partial charge is 0.371 e. The van der Waals surface area contributed by atoms with Crippen molar-refractivity contribution in [2.24, 2.45) is 0 Å². The Morgan fingerprint density at radius 1 is 1.22 bits per heavy atom. The molecule has 0 aliphatic carbocycles. The Labute approximate surface area is 108 Å². The van der Waals surface area contributed by atoms with Crippen LogP contribution in [0.5, 0.6) is 0 Å². The van der Waals surface area contributed by atoms with Crippen LogP contribution in [0.4, 0.5) is 5.69 Å². The second kappa shape index (κ2) is 4.94. The molecule has 1 aliphatic heterocycles. The Bertz CT molecular complexity index is 527. The molecule has 1 N–H and O–H groups in total. The number of rotatable bonds is 2. The molecule has 0 amide bonds. The van der Waals surface area contributed by atoms with Gasteiger partial charge in [0.05, 0.1) is 0 Å². The van der Waals surface area contributed by atoms with Crippen LogP contribution >= 0.6 is 0 Å². The molecule has 3 nitrogen and oxygen atoms in total. The molecule has 0 bridgehead atoms. The number of piperidine rings is 1. The number of aromatic nitrogens is 1. The zero-order valence-corrected chi connectivity index (χ0v) is 10.8. The van der Waals surface area contributed by atoms with E-state index in [0.29, 0.717) is 6.04 Å². The summed E-state index contributed by atoms with van der Waals surface area (Å²) in [4.78, 5) is 6.68. The van der Waals surface area contributed by atoms with Crippen LogP contribution in [0, 0.1) is 0 Å². The maximum absolute atomic E-state index is 4.26. The number of anilines is 1. The van der Waals surface area contributed by atoms with Crippen LogP contribution in [0.25, 0.3) is 10.8 Å². The Morgan fingerprint density at radius 3 is 2.89 bits per heavy atom. The summed E-state index contributed by atoms with van der Waals surface area (Å²) in [6.45, 7) is 2.25. The SMILES string of the molecule is CN(c1cccc2ccncc12)C1CCNCC1. The number of pyridine rings is 1. The van der Waals surface area contributed by atoms with E-state index >= 15 is 0 Å². The number of fused-ring (bicyclic) bond motifs is 1. The summed E-state index contributed by atoms with van der Waals surface area (Å²) in [5, 5.41) is 5.94. The summed E-state index contributed by atoms with van der Waals surface area (Å²) in [6, 6.07) is 9.20. The van der Waals surface area contributed by atoms with Crippen molar-refractivity contribution in [3.05, 3.63) is 36.7 Å². The van der Waals surface area contributed by atoms with Crippen LogP contribution in [0.2, 0.25) is 0 Å². The highest BCUT2D eigenvalue weighted by Crippen LogP contribution is 2.28. The van der Waals surface area contributed by atoms with Gasteiger partial charge in [-0.3, -0.25) is 4.98 Å². The number of benzene rings is 1. The first-order chi connectivity index (χ1) is 8.86. The number of nitrogens with zero attached hydrogens (tertiary/aromatic N) is 2. The lowest BCUT2D eigenvalue weighted by atomic mass is 10.0. The van der Waals surface area contributed by atoms with Crippen molar-refractivity contribution < 1.29 is 0 Å². The van der Waals surface area contributed by atoms with Gasteiger partial charge in [-0.15, -0.1) is 0 Å². The van der Waals surface area contributed by atoms with Gasteiger partial charge in [-0.25, -0.2) is 0 Å². The highest BCUT2D eigenvalue weighted by molar-refractivity contribution is 5.93. The average molecular weight is 241 g/mol. The molecule has 0 saturated carbocycles. The quantitative estimate of drug-likeness (QED) is 0.875. The van der Waals surface area contributed by atoms with Gasteiger partial charge in [0.1, 0.15) is 0 Å². The van der Waals surface area contributed by atoms with Crippen molar-refractivity contribution in [2.45, 2.75) is 18.9 Å². The lowest BCUT2D eigenvalue weighted by Crippen LogP contribution is -2.41. The molecule has 1 aromatic carbocycles. The summed E-state index contributed by atoms with van der Waals surface area (Å²) >= 11 is 0. The van der Waals surface area contributed by atoms with Gasteiger partial charge >= 0.3 is 0 Å². The fourth-order valence-corrected chi connectivity index (χ4v) is 2.80. The second-order valence-corrected chi connectivity index (χ2v) is 4.97. The number of nitrogens with one attached hydrogen (secondary N) is 1. The Balaban J connectivity index is 1.97. The molecular formula is C15H19N3. The minimum absolute atomic E-state index is 0.636. The second-order valence-electron chi connectivity index (χ2n) is 4.97. The van der Waals surface area contributed by atoms with Crippen LogP contribution < -0.4 is 10.2 Å². The molecule has 1 fully saturated rings. The van der Waals surface area contributed by atoms with Crippen molar-refractivity contribution in [3.8, 4) is 0 Å². The van der Waals surface area contributed by atoms with E-state index in [0.717, 1.165) is 13.1 Å². The van der Waals surface area contributed by atoms with E-state index in [1.54, 1.807) is 0 Å². The molecule has 0 atom stereocenters. The summed E-state index contributed by atoms with van der Waals surface area (Å²) in [5.41, 5.74) is 1.30. The summed E-state index contributed by atoms with van der Waals surface area (Å²) in [6.07, 6.45) is 6.26. The first kappa shape index (κ1) is 11.5. The van der Waals surface area contributed by atoms with E-state index in [1.807, 2.05) is 12.4 Å². The van der Waals surface area contributed by atoms with E-state index in [-0.39, 0.29) is 0 Å². The van der Waals surface area contributed by atoms with E-state index in [1.165, 1.54) is 29.3 Å². The van der Waals surface area contributed by atoms with Gasteiger partial charge in [0, 0.05) is 36.6 Å². The third-order valence-corrected chi connectivity index (χ3v) is 3.90. The van der Waals surface area contributed by atoms with Crippen molar-refractivity contribution in [1.29, 1.82) is 0 Å². The molecule has 0 unspecified atom stereocenters. The van der Waals surface area contributed by atoms with Crippen molar-refractivity contribution in [2.75, 3.05) is 25.0 Å². The topological polar surface area (TPSA) is 28.2 Å². The van der Waals surface area contributed by atoms with E-state index in [9.17, 15) is 0 Å². The predicted octanol–water partition coefficient (Wildman–Crippen LogP) is 2.42. The molecule has 2 aromatic rings. The minimum Gasteiger partial charge on any atom is -0.371 e. The van der Waals surface area contributed by atoms with Crippen LogP contribution in [-0.2, 0) is 0 Å². The maximum atomic E-state index is 4.26. The van der Waals surface area contributed by atoms with Crippen molar-refractivity contribution >= 4 is 16.5 Å². The summed E-state index contributed by atoms with van der Waals surface area (Å²) in [5.74, 6) is 0. The van der Waals surface area contributed by atoms with Crippen LogP contribution in [-0.4, -0.2) is 31.2 Å². The lowest BCUT2D eigenvalue weighted by Gasteiger charge is -2.34. The monoisotopic (exact) mass is 241 g/mol. The first-order valence-corrected chi connectivity index (χ1v) is 6.62. The summed E-state index contributed by atoms with van der Waals surface area (Å²) < 4.78 is 0. The molecule has 94 valence electrons. The number of hydrogen-bond acceptors (Lipinski definition) is 3. The normalized spacial score (nSPS) is 16.9. The molecule has 1 aliphatic rings. The Kier molecular flexibility index (Phi) is 3.15. The molecule has 3 rings (SSSR count). The van der Waals surface area contributed by atoms with Crippen LogP contribution in [0.3, 0.4) is 0 Å².